The first-order valence-corrected chi connectivity index (χ1v) is 6.47. The highest BCUT2D eigenvalue weighted by atomic mass is 19.3. The van der Waals surface area contributed by atoms with Crippen LogP contribution in [0.5, 0.6) is 5.75 Å². The van der Waals surface area contributed by atoms with E-state index in [9.17, 15) is 13.9 Å². The lowest BCUT2D eigenvalue weighted by molar-refractivity contribution is 0.0655. The van der Waals surface area contributed by atoms with Crippen LogP contribution in [0.25, 0.3) is 0 Å². The van der Waals surface area contributed by atoms with Crippen LogP contribution in [0.15, 0.2) is 48.5 Å². The van der Waals surface area contributed by atoms with E-state index in [2.05, 4.69) is 0 Å². The third kappa shape index (κ3) is 2.39. The lowest BCUT2D eigenvalue weighted by Crippen LogP contribution is -2.19. The molecule has 0 aliphatic carbocycles. The summed E-state index contributed by atoms with van der Waals surface area (Å²) < 4.78 is 31.3. The van der Waals surface area contributed by atoms with Gasteiger partial charge in [0, 0.05) is 17.5 Å². The molecule has 0 bridgehead atoms. The first-order chi connectivity index (χ1) is 9.65. The van der Waals surface area contributed by atoms with Gasteiger partial charge >= 0.3 is 0 Å². The molecule has 1 aliphatic rings. The van der Waals surface area contributed by atoms with Crippen molar-refractivity contribution in [3.63, 3.8) is 0 Å². The van der Waals surface area contributed by atoms with Gasteiger partial charge in [-0.3, -0.25) is 0 Å². The zero-order valence-electron chi connectivity index (χ0n) is 10.7. The van der Waals surface area contributed by atoms with Gasteiger partial charge in [-0.15, -0.1) is 0 Å². The summed E-state index contributed by atoms with van der Waals surface area (Å²) in [5, 5.41) is 10.1. The summed E-state index contributed by atoms with van der Waals surface area (Å²) in [5.41, 5.74) is 1.38. The molecule has 0 fully saturated rings. The number of alkyl halides is 2. The molecule has 0 spiro atoms. The minimum Gasteiger partial charge on any atom is -0.485 e. The number of aliphatic hydroxyl groups is 1. The topological polar surface area (TPSA) is 29.5 Å². The number of hydrogen-bond donors (Lipinski definition) is 1. The molecule has 0 radical (unpaired) electrons. The highest BCUT2D eigenvalue weighted by Crippen LogP contribution is 2.40. The van der Waals surface area contributed by atoms with Gasteiger partial charge in [0.25, 0.3) is 6.43 Å². The average Bonchev–Trinajstić information content (AvgIpc) is 2.47. The van der Waals surface area contributed by atoms with Crippen LogP contribution in [0.2, 0.25) is 0 Å². The molecular weight excluding hydrogens is 262 g/mol. The van der Waals surface area contributed by atoms with E-state index in [1.807, 2.05) is 18.2 Å². The summed E-state index contributed by atoms with van der Waals surface area (Å²) >= 11 is 0. The number of ether oxygens (including phenoxy) is 1. The number of hydrogen-bond acceptors (Lipinski definition) is 2. The molecule has 1 heterocycles. The largest absolute Gasteiger partial charge is 0.485 e. The van der Waals surface area contributed by atoms with Gasteiger partial charge in [-0.05, 0) is 17.7 Å². The molecule has 2 aromatic rings. The van der Waals surface area contributed by atoms with Crippen LogP contribution >= 0.6 is 0 Å². The maximum absolute atomic E-state index is 12.7. The van der Waals surface area contributed by atoms with E-state index in [0.29, 0.717) is 17.7 Å². The Balaban J connectivity index is 1.91. The molecule has 2 nitrogen and oxygen atoms in total. The Morgan fingerprint density at radius 2 is 1.90 bits per heavy atom. The molecule has 0 aromatic heterocycles. The van der Waals surface area contributed by atoms with Crippen molar-refractivity contribution in [3.05, 3.63) is 65.2 Å². The Hall–Kier alpha value is -1.94. The van der Waals surface area contributed by atoms with Crippen LogP contribution in [-0.2, 0) is 0 Å². The van der Waals surface area contributed by atoms with Crippen LogP contribution in [0.3, 0.4) is 0 Å². The SMILES string of the molecule is O[C@@H]1CC(c2cccc(C(F)F)c2)Oc2ccccc21. The maximum atomic E-state index is 12.7. The molecule has 3 rings (SSSR count). The molecule has 1 N–H and O–H groups in total. The number of halogens is 2. The quantitative estimate of drug-likeness (QED) is 0.891. The summed E-state index contributed by atoms with van der Waals surface area (Å²) in [6.45, 7) is 0. The van der Waals surface area contributed by atoms with Crippen LogP contribution < -0.4 is 4.74 Å². The Kier molecular flexibility index (Phi) is 3.40. The number of benzene rings is 2. The van der Waals surface area contributed by atoms with Gasteiger partial charge in [0.15, 0.2) is 0 Å². The Morgan fingerprint density at radius 1 is 1.10 bits per heavy atom. The smallest absolute Gasteiger partial charge is 0.263 e. The van der Waals surface area contributed by atoms with Crippen LogP contribution in [0.4, 0.5) is 8.78 Å². The monoisotopic (exact) mass is 276 g/mol. The van der Waals surface area contributed by atoms with Crippen LogP contribution in [-0.4, -0.2) is 5.11 Å². The summed E-state index contributed by atoms with van der Waals surface area (Å²) in [7, 11) is 0. The van der Waals surface area contributed by atoms with E-state index in [-0.39, 0.29) is 5.56 Å². The van der Waals surface area contributed by atoms with E-state index in [4.69, 9.17) is 4.74 Å². The van der Waals surface area contributed by atoms with Gasteiger partial charge in [-0.25, -0.2) is 8.78 Å². The van der Waals surface area contributed by atoms with Gasteiger partial charge in [-0.2, -0.15) is 0 Å². The summed E-state index contributed by atoms with van der Waals surface area (Å²) in [4.78, 5) is 0. The van der Waals surface area contributed by atoms with E-state index < -0.39 is 18.6 Å². The average molecular weight is 276 g/mol. The third-order valence-corrected chi connectivity index (χ3v) is 3.52. The molecule has 1 unspecified atom stereocenters. The number of fused-ring (bicyclic) bond motifs is 1. The molecule has 0 saturated heterocycles. The van der Waals surface area contributed by atoms with Crippen molar-refractivity contribution in [1.29, 1.82) is 0 Å². The highest BCUT2D eigenvalue weighted by Gasteiger charge is 2.28. The fourth-order valence-electron chi connectivity index (χ4n) is 2.49. The van der Waals surface area contributed by atoms with E-state index in [0.717, 1.165) is 5.56 Å². The number of rotatable bonds is 2. The molecule has 1 aliphatic heterocycles. The lowest BCUT2D eigenvalue weighted by Gasteiger charge is -2.30. The Bertz CT molecular complexity index is 613. The van der Waals surface area contributed by atoms with Crippen molar-refractivity contribution in [2.75, 3.05) is 0 Å². The summed E-state index contributed by atoms with van der Waals surface area (Å²) in [5.74, 6) is 0.610. The van der Waals surface area contributed by atoms with Crippen molar-refractivity contribution < 1.29 is 18.6 Å². The second kappa shape index (κ2) is 5.21. The van der Waals surface area contributed by atoms with Gasteiger partial charge in [0.1, 0.15) is 11.9 Å². The molecule has 20 heavy (non-hydrogen) atoms. The zero-order chi connectivity index (χ0) is 14.1. The first-order valence-electron chi connectivity index (χ1n) is 6.47. The summed E-state index contributed by atoms with van der Waals surface area (Å²) in [6.07, 6.45) is -3.18. The van der Waals surface area contributed by atoms with Gasteiger partial charge in [0.05, 0.1) is 6.10 Å². The third-order valence-electron chi connectivity index (χ3n) is 3.52. The highest BCUT2D eigenvalue weighted by molar-refractivity contribution is 5.38. The fourth-order valence-corrected chi connectivity index (χ4v) is 2.49. The lowest BCUT2D eigenvalue weighted by atomic mass is 9.94. The fraction of sp³-hybridized carbons (Fsp3) is 0.250. The molecule has 0 amide bonds. The molecule has 2 aromatic carbocycles. The van der Waals surface area contributed by atoms with Crippen molar-refractivity contribution in [1.82, 2.24) is 0 Å². The van der Waals surface area contributed by atoms with Gasteiger partial charge in [-0.1, -0.05) is 36.4 Å². The minimum absolute atomic E-state index is 0.0283. The van der Waals surface area contributed by atoms with E-state index >= 15 is 0 Å². The second-order valence-electron chi connectivity index (χ2n) is 4.87. The second-order valence-corrected chi connectivity index (χ2v) is 4.87. The first kappa shape index (κ1) is 13.1. The van der Waals surface area contributed by atoms with E-state index in [1.54, 1.807) is 18.2 Å². The van der Waals surface area contributed by atoms with Crippen molar-refractivity contribution >= 4 is 0 Å². The Labute approximate surface area is 115 Å². The van der Waals surface area contributed by atoms with Crippen molar-refractivity contribution in [2.24, 2.45) is 0 Å². The number of para-hydroxylation sites is 1. The predicted octanol–water partition coefficient (Wildman–Crippen LogP) is 4.18. The maximum Gasteiger partial charge on any atom is 0.263 e. The molecule has 0 saturated carbocycles. The van der Waals surface area contributed by atoms with E-state index in [1.165, 1.54) is 12.1 Å². The van der Waals surface area contributed by atoms with Gasteiger partial charge < -0.3 is 9.84 Å². The predicted molar refractivity (Wildman–Crippen MR) is 70.8 cm³/mol. The minimum atomic E-state index is -2.50. The van der Waals surface area contributed by atoms with Crippen LogP contribution in [0.1, 0.15) is 41.7 Å². The zero-order valence-corrected chi connectivity index (χ0v) is 10.7. The van der Waals surface area contributed by atoms with Crippen LogP contribution in [0, 0.1) is 0 Å². The standard InChI is InChI=1S/C16H14F2O2/c17-16(18)11-5-3-4-10(8-11)15-9-13(19)12-6-1-2-7-14(12)20-15/h1-8,13,15-16,19H,9H2/t13-,15?/m1/s1. The van der Waals surface area contributed by atoms with Gasteiger partial charge in [0.2, 0.25) is 0 Å². The van der Waals surface area contributed by atoms with Crippen molar-refractivity contribution in [3.8, 4) is 5.75 Å². The summed E-state index contributed by atoms with van der Waals surface area (Å²) in [6, 6.07) is 13.4. The van der Waals surface area contributed by atoms with Crippen molar-refractivity contribution in [2.45, 2.75) is 25.1 Å². The number of aliphatic hydroxyl groups excluding tert-OH is 1. The molecular formula is C16H14F2O2. The Morgan fingerprint density at radius 3 is 2.70 bits per heavy atom. The molecule has 4 heteroatoms. The molecule has 104 valence electrons. The normalized spacial score (nSPS) is 21.4. The molecule has 2 atom stereocenters.